The third-order valence-corrected chi connectivity index (χ3v) is 4.14. The van der Waals surface area contributed by atoms with Gasteiger partial charge in [-0.05, 0) is 19.9 Å². The Labute approximate surface area is 111 Å². The zero-order chi connectivity index (χ0) is 12.3. The van der Waals surface area contributed by atoms with Crippen molar-refractivity contribution in [2.45, 2.75) is 26.8 Å². The van der Waals surface area contributed by atoms with E-state index in [1.807, 2.05) is 11.3 Å². The molecule has 1 aromatic heterocycles. The Morgan fingerprint density at radius 3 is 2.82 bits per heavy atom. The van der Waals surface area contributed by atoms with Crippen molar-refractivity contribution in [2.24, 2.45) is 0 Å². The highest BCUT2D eigenvalue weighted by molar-refractivity contribution is 7.80. The highest BCUT2D eigenvalue weighted by Crippen LogP contribution is 2.20. The molecule has 2 rings (SSSR count). The van der Waals surface area contributed by atoms with Crippen LogP contribution < -0.4 is 9.88 Å². The quantitative estimate of drug-likeness (QED) is 0.676. The van der Waals surface area contributed by atoms with Crippen LogP contribution in [0.15, 0.2) is 24.3 Å². The molecule has 1 N–H and O–H groups in total. The lowest BCUT2D eigenvalue weighted by atomic mass is 10.3. The van der Waals surface area contributed by atoms with Gasteiger partial charge in [-0.2, -0.15) is 4.57 Å². The van der Waals surface area contributed by atoms with Gasteiger partial charge in [0, 0.05) is 12.6 Å². The molecule has 1 aromatic carbocycles. The molecular formula is C13H17N2S2+. The number of thiocarbonyl (C=S) groups is 1. The summed E-state index contributed by atoms with van der Waals surface area (Å²) in [5, 5.41) is 4.55. The van der Waals surface area contributed by atoms with E-state index < -0.39 is 0 Å². The van der Waals surface area contributed by atoms with Crippen LogP contribution in [0.5, 0.6) is 0 Å². The molecule has 0 spiro atoms. The number of para-hydroxylation sites is 1. The smallest absolute Gasteiger partial charge is 0.245 e. The Bertz CT molecular complexity index is 531. The highest BCUT2D eigenvalue weighted by atomic mass is 32.1. The Morgan fingerprint density at radius 2 is 2.12 bits per heavy atom. The van der Waals surface area contributed by atoms with Gasteiger partial charge in [0.1, 0.15) is 11.2 Å². The van der Waals surface area contributed by atoms with Gasteiger partial charge < -0.3 is 5.32 Å². The third-order valence-electron chi connectivity index (χ3n) is 2.69. The minimum absolute atomic E-state index is 0.844. The maximum Gasteiger partial charge on any atom is 0.245 e. The number of hydrogen-bond donors (Lipinski definition) is 1. The molecule has 1 heterocycles. The van der Waals surface area contributed by atoms with Gasteiger partial charge in [0.05, 0.1) is 11.4 Å². The number of fused-ring (bicyclic) bond motifs is 1. The van der Waals surface area contributed by atoms with E-state index in [0.717, 1.165) is 24.5 Å². The van der Waals surface area contributed by atoms with Crippen LogP contribution in [0.25, 0.3) is 10.2 Å². The zero-order valence-corrected chi connectivity index (χ0v) is 11.8. The van der Waals surface area contributed by atoms with Gasteiger partial charge in [0.15, 0.2) is 0 Å². The van der Waals surface area contributed by atoms with Gasteiger partial charge in [-0.1, -0.05) is 35.7 Å². The van der Waals surface area contributed by atoms with Gasteiger partial charge in [-0.15, -0.1) is 0 Å². The number of hydrogen-bond acceptors (Lipinski definition) is 2. The first-order valence-corrected chi connectivity index (χ1v) is 7.15. The summed E-state index contributed by atoms with van der Waals surface area (Å²) in [5.41, 5.74) is 1.31. The molecule has 2 nitrogen and oxygen atoms in total. The molecule has 0 bridgehead atoms. The minimum atomic E-state index is 0.844. The Balaban J connectivity index is 2.36. The van der Waals surface area contributed by atoms with E-state index in [1.165, 1.54) is 15.2 Å². The van der Waals surface area contributed by atoms with Crippen molar-refractivity contribution in [3.8, 4) is 0 Å². The third kappa shape index (κ3) is 2.64. The van der Waals surface area contributed by atoms with E-state index in [2.05, 4.69) is 48.0 Å². The van der Waals surface area contributed by atoms with Crippen molar-refractivity contribution in [1.29, 1.82) is 0 Å². The molecule has 4 heteroatoms. The number of thiazole rings is 1. The summed E-state index contributed by atoms with van der Waals surface area (Å²) in [7, 11) is 0. The maximum absolute atomic E-state index is 5.33. The van der Waals surface area contributed by atoms with Crippen LogP contribution >= 0.6 is 23.6 Å². The van der Waals surface area contributed by atoms with Crippen LogP contribution in [0.1, 0.15) is 18.9 Å². The minimum Gasteiger partial charge on any atom is -0.379 e. The molecule has 0 radical (unpaired) electrons. The summed E-state index contributed by atoms with van der Waals surface area (Å²) in [6.45, 7) is 6.15. The molecule has 2 aromatic rings. The normalized spacial score (nSPS) is 10.7. The summed E-state index contributed by atoms with van der Waals surface area (Å²) in [5.74, 6) is 0. The van der Waals surface area contributed by atoms with E-state index in [0.29, 0.717) is 0 Å². The van der Waals surface area contributed by atoms with Crippen LogP contribution in [0.4, 0.5) is 0 Å². The van der Waals surface area contributed by atoms with Crippen molar-refractivity contribution in [3.05, 3.63) is 29.3 Å². The second kappa shape index (κ2) is 5.56. The molecule has 0 unspecified atom stereocenters. The van der Waals surface area contributed by atoms with Crippen molar-refractivity contribution in [1.82, 2.24) is 5.32 Å². The summed E-state index contributed by atoms with van der Waals surface area (Å²) < 4.78 is 3.69. The monoisotopic (exact) mass is 265 g/mol. The summed E-state index contributed by atoms with van der Waals surface area (Å²) in [4.78, 5) is 0.932. The maximum atomic E-state index is 5.33. The van der Waals surface area contributed by atoms with Gasteiger partial charge in [-0.3, -0.25) is 0 Å². The van der Waals surface area contributed by atoms with Crippen LogP contribution in [-0.2, 0) is 13.0 Å². The molecule has 0 saturated heterocycles. The van der Waals surface area contributed by atoms with Crippen LogP contribution in [-0.4, -0.2) is 11.5 Å². The molecule has 0 aliphatic carbocycles. The number of aryl methyl sites for hydroxylation is 1. The highest BCUT2D eigenvalue weighted by Gasteiger charge is 2.19. The van der Waals surface area contributed by atoms with Crippen molar-refractivity contribution in [2.75, 3.05) is 6.54 Å². The van der Waals surface area contributed by atoms with Gasteiger partial charge in [0.25, 0.3) is 0 Å². The molecule has 0 amide bonds. The van der Waals surface area contributed by atoms with E-state index in [4.69, 9.17) is 12.2 Å². The van der Waals surface area contributed by atoms with Crippen LogP contribution in [0, 0.1) is 0 Å². The average Bonchev–Trinajstić information content (AvgIpc) is 2.66. The fraction of sp³-hybridized carbons (Fsp3) is 0.385. The number of likely N-dealkylation sites (N-methyl/N-ethyl adjacent to an activating group) is 1. The Kier molecular flexibility index (Phi) is 4.07. The first-order chi connectivity index (χ1) is 8.26. The van der Waals surface area contributed by atoms with Gasteiger partial charge >= 0.3 is 0 Å². The molecule has 0 atom stereocenters. The molecule has 0 saturated carbocycles. The number of benzene rings is 1. The van der Waals surface area contributed by atoms with E-state index >= 15 is 0 Å². The average molecular weight is 265 g/mol. The molecular weight excluding hydrogens is 248 g/mol. The first kappa shape index (κ1) is 12.5. The Morgan fingerprint density at radius 1 is 1.35 bits per heavy atom. The Hall–Kier alpha value is -1.00. The SMILES string of the molecule is CCNC(=S)Cc1sc2ccccc2[n+]1CC. The predicted molar refractivity (Wildman–Crippen MR) is 77.7 cm³/mol. The number of aromatic nitrogens is 1. The van der Waals surface area contributed by atoms with E-state index in [9.17, 15) is 0 Å². The lowest BCUT2D eigenvalue weighted by molar-refractivity contribution is -0.670. The molecule has 0 aliphatic rings. The standard InChI is InChI=1S/C13H16N2S2/c1-3-14-12(16)9-13-15(4-2)10-7-5-6-8-11(10)17-13/h5-8H,3-4,9H2,1-2H3/p+1. The number of nitrogens with one attached hydrogen (secondary N) is 1. The van der Waals surface area contributed by atoms with Crippen molar-refractivity contribution in [3.63, 3.8) is 0 Å². The predicted octanol–water partition coefficient (Wildman–Crippen LogP) is 2.69. The molecule has 0 fully saturated rings. The van der Waals surface area contributed by atoms with Crippen LogP contribution in [0.2, 0.25) is 0 Å². The molecule has 0 aliphatic heterocycles. The van der Waals surface area contributed by atoms with Gasteiger partial charge in [0.2, 0.25) is 10.5 Å². The van der Waals surface area contributed by atoms with Crippen molar-refractivity contribution < 1.29 is 4.57 Å². The lowest BCUT2D eigenvalue weighted by Gasteiger charge is -2.01. The second-order valence-corrected chi connectivity index (χ2v) is 5.45. The van der Waals surface area contributed by atoms with E-state index in [-0.39, 0.29) is 0 Å². The summed E-state index contributed by atoms with van der Waals surface area (Å²) in [6.07, 6.45) is 0.844. The molecule has 90 valence electrons. The zero-order valence-electron chi connectivity index (χ0n) is 10.2. The van der Waals surface area contributed by atoms with Crippen LogP contribution in [0.3, 0.4) is 0 Å². The fourth-order valence-electron chi connectivity index (χ4n) is 1.96. The largest absolute Gasteiger partial charge is 0.379 e. The van der Waals surface area contributed by atoms with Crippen molar-refractivity contribution >= 4 is 38.8 Å². The summed E-state index contributed by atoms with van der Waals surface area (Å²) in [6, 6.07) is 8.53. The fourth-order valence-corrected chi connectivity index (χ4v) is 3.57. The second-order valence-electron chi connectivity index (χ2n) is 3.84. The number of nitrogens with zero attached hydrogens (tertiary/aromatic N) is 1. The number of rotatable bonds is 4. The topological polar surface area (TPSA) is 15.9 Å². The molecule has 17 heavy (non-hydrogen) atoms. The first-order valence-electron chi connectivity index (χ1n) is 5.93. The van der Waals surface area contributed by atoms with E-state index in [1.54, 1.807) is 0 Å². The lowest BCUT2D eigenvalue weighted by Crippen LogP contribution is -2.37. The van der Waals surface area contributed by atoms with Gasteiger partial charge in [-0.25, -0.2) is 0 Å². The summed E-state index contributed by atoms with van der Waals surface area (Å²) >= 11 is 7.17.